The highest BCUT2D eigenvalue weighted by molar-refractivity contribution is 5.66. The van der Waals surface area contributed by atoms with Crippen molar-refractivity contribution in [2.75, 3.05) is 0 Å². The Kier molecular flexibility index (Phi) is 2.56. The van der Waals surface area contributed by atoms with E-state index in [1.54, 1.807) is 19.3 Å². The average Bonchev–Trinajstić information content (AvgIpc) is 2.28. The largest absolute Gasteiger partial charge is 0.268 e. The van der Waals surface area contributed by atoms with Crippen molar-refractivity contribution in [1.82, 2.24) is 15.2 Å². The van der Waals surface area contributed by atoms with Crippen LogP contribution in [0.4, 0.5) is 0 Å². The number of nitrogens with zero attached hydrogens (tertiary/aromatic N) is 2. The summed E-state index contributed by atoms with van der Waals surface area (Å²) in [6, 6.07) is 1.91. The summed E-state index contributed by atoms with van der Waals surface area (Å²) >= 11 is 0. The maximum Gasteiger partial charge on any atom is 0.267 e. The number of nitrogens with one attached hydrogen (secondary N) is 1. The fourth-order valence-corrected chi connectivity index (χ4v) is 1.62. The monoisotopic (exact) mass is 215 g/mol. The van der Waals surface area contributed by atoms with Gasteiger partial charge in [-0.25, -0.2) is 5.10 Å². The first-order chi connectivity index (χ1) is 7.61. The number of rotatable bonds is 1. The maximum atomic E-state index is 11.4. The molecule has 0 atom stereocenters. The van der Waals surface area contributed by atoms with Crippen molar-refractivity contribution in [1.29, 1.82) is 0 Å². The van der Waals surface area contributed by atoms with Crippen LogP contribution >= 0.6 is 0 Å². The predicted octanol–water partition coefficient (Wildman–Crippen LogP) is 1.76. The summed E-state index contributed by atoms with van der Waals surface area (Å²) in [4.78, 5) is 15.4. The standard InChI is InChI=1S/C12H13N3O/c1-7-6-13-5-4-10(7)11-8(2)9(3)12(16)15-14-11/h4-6H,1-3H3,(H,15,16). The van der Waals surface area contributed by atoms with Gasteiger partial charge in [0.15, 0.2) is 0 Å². The number of H-pyrrole nitrogens is 1. The highest BCUT2D eigenvalue weighted by Gasteiger charge is 2.10. The molecule has 82 valence electrons. The average molecular weight is 215 g/mol. The zero-order chi connectivity index (χ0) is 11.7. The Bertz CT molecular complexity index is 587. The zero-order valence-electron chi connectivity index (χ0n) is 9.53. The van der Waals surface area contributed by atoms with E-state index in [1.165, 1.54) is 0 Å². The van der Waals surface area contributed by atoms with E-state index in [0.717, 1.165) is 22.4 Å². The summed E-state index contributed by atoms with van der Waals surface area (Å²) in [5, 5.41) is 6.61. The maximum absolute atomic E-state index is 11.4. The summed E-state index contributed by atoms with van der Waals surface area (Å²) in [7, 11) is 0. The van der Waals surface area contributed by atoms with E-state index in [4.69, 9.17) is 0 Å². The lowest BCUT2D eigenvalue weighted by atomic mass is 10.0. The van der Waals surface area contributed by atoms with Gasteiger partial charge < -0.3 is 0 Å². The van der Waals surface area contributed by atoms with Crippen LogP contribution in [0.2, 0.25) is 0 Å². The van der Waals surface area contributed by atoms with Gasteiger partial charge in [-0.15, -0.1) is 0 Å². The van der Waals surface area contributed by atoms with Crippen molar-refractivity contribution in [3.63, 3.8) is 0 Å². The molecule has 2 aromatic rings. The van der Waals surface area contributed by atoms with Gasteiger partial charge in [0.05, 0.1) is 5.69 Å². The number of aromatic nitrogens is 3. The molecule has 0 aliphatic heterocycles. The summed E-state index contributed by atoms with van der Waals surface area (Å²) in [5.41, 5.74) is 4.36. The molecule has 0 aromatic carbocycles. The molecular formula is C12H13N3O. The lowest BCUT2D eigenvalue weighted by molar-refractivity contribution is 0.956. The van der Waals surface area contributed by atoms with Gasteiger partial charge in [-0.3, -0.25) is 9.78 Å². The first-order valence-electron chi connectivity index (χ1n) is 5.08. The molecule has 4 heteroatoms. The van der Waals surface area contributed by atoms with E-state index >= 15 is 0 Å². The normalized spacial score (nSPS) is 10.4. The van der Waals surface area contributed by atoms with E-state index in [2.05, 4.69) is 15.2 Å². The Morgan fingerprint density at radius 3 is 2.62 bits per heavy atom. The molecule has 0 unspecified atom stereocenters. The Morgan fingerprint density at radius 1 is 1.19 bits per heavy atom. The number of aromatic amines is 1. The first kappa shape index (κ1) is 10.5. The molecule has 0 fully saturated rings. The van der Waals surface area contributed by atoms with Crippen LogP contribution in [0.5, 0.6) is 0 Å². The van der Waals surface area contributed by atoms with E-state index < -0.39 is 0 Å². The third kappa shape index (κ3) is 1.62. The second-order valence-corrected chi connectivity index (χ2v) is 3.84. The Balaban J connectivity index is 2.71. The summed E-state index contributed by atoms with van der Waals surface area (Å²) in [6.45, 7) is 5.69. The van der Waals surface area contributed by atoms with Gasteiger partial charge in [0.25, 0.3) is 5.56 Å². The number of hydrogen-bond donors (Lipinski definition) is 1. The molecule has 0 aliphatic rings. The highest BCUT2D eigenvalue weighted by Crippen LogP contribution is 2.23. The molecular weight excluding hydrogens is 202 g/mol. The Morgan fingerprint density at radius 2 is 1.94 bits per heavy atom. The Labute approximate surface area is 93.4 Å². The molecule has 2 heterocycles. The van der Waals surface area contributed by atoms with Crippen molar-refractivity contribution < 1.29 is 0 Å². The molecule has 1 N–H and O–H groups in total. The number of pyridine rings is 1. The van der Waals surface area contributed by atoms with Crippen LogP contribution in [0.25, 0.3) is 11.3 Å². The van der Waals surface area contributed by atoms with Gasteiger partial charge in [0, 0.05) is 23.5 Å². The molecule has 0 amide bonds. The van der Waals surface area contributed by atoms with E-state index in [1.807, 2.05) is 19.9 Å². The van der Waals surface area contributed by atoms with Crippen LogP contribution in [0.15, 0.2) is 23.3 Å². The van der Waals surface area contributed by atoms with Crippen LogP contribution in [0.3, 0.4) is 0 Å². The van der Waals surface area contributed by atoms with Crippen molar-refractivity contribution in [2.45, 2.75) is 20.8 Å². The highest BCUT2D eigenvalue weighted by atomic mass is 16.1. The zero-order valence-corrected chi connectivity index (χ0v) is 9.53. The van der Waals surface area contributed by atoms with Gasteiger partial charge in [0.2, 0.25) is 0 Å². The molecule has 0 saturated carbocycles. The van der Waals surface area contributed by atoms with Crippen LogP contribution in [0, 0.1) is 20.8 Å². The second kappa shape index (κ2) is 3.89. The molecule has 2 rings (SSSR count). The number of hydrogen-bond acceptors (Lipinski definition) is 3. The van der Waals surface area contributed by atoms with Crippen molar-refractivity contribution in [2.24, 2.45) is 0 Å². The number of aryl methyl sites for hydroxylation is 1. The molecule has 16 heavy (non-hydrogen) atoms. The second-order valence-electron chi connectivity index (χ2n) is 3.84. The molecule has 0 aliphatic carbocycles. The van der Waals surface area contributed by atoms with E-state index in [-0.39, 0.29) is 5.56 Å². The van der Waals surface area contributed by atoms with Crippen molar-refractivity contribution >= 4 is 0 Å². The topological polar surface area (TPSA) is 58.6 Å². The third-order valence-corrected chi connectivity index (χ3v) is 2.80. The molecule has 0 spiro atoms. The molecule has 4 nitrogen and oxygen atoms in total. The summed E-state index contributed by atoms with van der Waals surface area (Å²) in [6.07, 6.45) is 3.51. The molecule has 0 saturated heterocycles. The van der Waals surface area contributed by atoms with E-state index in [0.29, 0.717) is 5.56 Å². The molecule has 0 bridgehead atoms. The fraction of sp³-hybridized carbons (Fsp3) is 0.250. The van der Waals surface area contributed by atoms with Crippen LogP contribution in [-0.4, -0.2) is 15.2 Å². The van der Waals surface area contributed by atoms with Crippen LogP contribution in [0.1, 0.15) is 16.7 Å². The summed E-state index contributed by atoms with van der Waals surface area (Å²) < 4.78 is 0. The van der Waals surface area contributed by atoms with Gasteiger partial charge in [-0.1, -0.05) is 0 Å². The lowest BCUT2D eigenvalue weighted by Gasteiger charge is -2.08. The minimum atomic E-state index is -0.132. The summed E-state index contributed by atoms with van der Waals surface area (Å²) in [5.74, 6) is 0. The molecule has 2 aromatic heterocycles. The van der Waals surface area contributed by atoms with Crippen LogP contribution < -0.4 is 5.56 Å². The van der Waals surface area contributed by atoms with Crippen molar-refractivity contribution in [3.8, 4) is 11.3 Å². The van der Waals surface area contributed by atoms with Crippen LogP contribution in [-0.2, 0) is 0 Å². The Hall–Kier alpha value is -1.97. The quantitative estimate of drug-likeness (QED) is 0.788. The van der Waals surface area contributed by atoms with Gasteiger partial charge in [0.1, 0.15) is 0 Å². The SMILES string of the molecule is Cc1cnccc1-c1n[nH]c(=O)c(C)c1C. The smallest absolute Gasteiger partial charge is 0.267 e. The minimum Gasteiger partial charge on any atom is -0.268 e. The lowest BCUT2D eigenvalue weighted by Crippen LogP contribution is -2.14. The fourth-order valence-electron chi connectivity index (χ4n) is 1.62. The van der Waals surface area contributed by atoms with Gasteiger partial charge in [-0.2, -0.15) is 5.10 Å². The minimum absolute atomic E-state index is 0.132. The first-order valence-corrected chi connectivity index (χ1v) is 5.08. The van der Waals surface area contributed by atoms with E-state index in [9.17, 15) is 4.79 Å². The van der Waals surface area contributed by atoms with Gasteiger partial charge >= 0.3 is 0 Å². The van der Waals surface area contributed by atoms with Gasteiger partial charge in [-0.05, 0) is 38.0 Å². The van der Waals surface area contributed by atoms with Crippen molar-refractivity contribution in [3.05, 3.63) is 45.5 Å². The third-order valence-electron chi connectivity index (χ3n) is 2.80. The molecule has 0 radical (unpaired) electrons. The predicted molar refractivity (Wildman–Crippen MR) is 62.3 cm³/mol.